The third kappa shape index (κ3) is 3.56. The van der Waals surface area contributed by atoms with Gasteiger partial charge in [0.05, 0.1) is 12.1 Å². The van der Waals surface area contributed by atoms with E-state index in [0.29, 0.717) is 5.69 Å². The number of carbonyl (C=O) groups is 2. The number of nitrogen functional groups attached to an aromatic ring is 1. The minimum absolute atomic E-state index is 0.0376. The maximum absolute atomic E-state index is 13.5. The van der Waals surface area contributed by atoms with Crippen molar-refractivity contribution in [1.29, 1.82) is 0 Å². The highest BCUT2D eigenvalue weighted by atomic mass is 19.1. The van der Waals surface area contributed by atoms with E-state index in [2.05, 4.69) is 5.32 Å². The average Bonchev–Trinajstić information content (AvgIpc) is 2.41. The van der Waals surface area contributed by atoms with Crippen molar-refractivity contribution in [2.24, 2.45) is 0 Å². The minimum Gasteiger partial charge on any atom is -0.478 e. The van der Waals surface area contributed by atoms with Gasteiger partial charge in [0, 0.05) is 5.69 Å². The zero-order valence-corrected chi connectivity index (χ0v) is 11.0. The van der Waals surface area contributed by atoms with Crippen molar-refractivity contribution in [3.05, 3.63) is 59.4 Å². The van der Waals surface area contributed by atoms with E-state index in [1.54, 1.807) is 24.3 Å². The zero-order chi connectivity index (χ0) is 15.4. The summed E-state index contributed by atoms with van der Waals surface area (Å²) < 4.78 is 13.5. The topological polar surface area (TPSA) is 92.4 Å². The quantitative estimate of drug-likeness (QED) is 0.752. The van der Waals surface area contributed by atoms with E-state index >= 15 is 0 Å². The highest BCUT2D eigenvalue weighted by Gasteiger charge is 2.17. The Kier molecular flexibility index (Phi) is 4.18. The van der Waals surface area contributed by atoms with E-state index < -0.39 is 23.3 Å². The van der Waals surface area contributed by atoms with Crippen molar-refractivity contribution in [3.63, 3.8) is 0 Å². The molecule has 0 heterocycles. The van der Waals surface area contributed by atoms with Gasteiger partial charge in [0.1, 0.15) is 11.4 Å². The molecule has 5 nitrogen and oxygen atoms in total. The Morgan fingerprint density at radius 2 is 1.81 bits per heavy atom. The van der Waals surface area contributed by atoms with Gasteiger partial charge in [0.25, 0.3) is 0 Å². The predicted molar refractivity (Wildman–Crippen MR) is 76.5 cm³/mol. The van der Waals surface area contributed by atoms with Crippen LogP contribution in [0.5, 0.6) is 0 Å². The fourth-order valence-corrected chi connectivity index (χ4v) is 1.86. The normalized spacial score (nSPS) is 10.1. The van der Waals surface area contributed by atoms with Gasteiger partial charge in [-0.2, -0.15) is 0 Å². The summed E-state index contributed by atoms with van der Waals surface area (Å²) in [5.41, 5.74) is 6.22. The Hall–Kier alpha value is -2.89. The fraction of sp³-hybridized carbons (Fsp3) is 0.0667. The first-order chi connectivity index (χ1) is 9.97. The lowest BCUT2D eigenvalue weighted by molar-refractivity contribution is -0.115. The van der Waals surface area contributed by atoms with E-state index in [1.807, 2.05) is 0 Å². The molecule has 0 saturated carbocycles. The molecule has 0 aliphatic carbocycles. The first kappa shape index (κ1) is 14.5. The maximum atomic E-state index is 13.5. The molecule has 0 unspecified atom stereocenters. The molecule has 0 bridgehead atoms. The number of nitrogens with two attached hydrogens (primary N) is 1. The molecule has 0 saturated heterocycles. The van der Waals surface area contributed by atoms with E-state index in [9.17, 15) is 14.0 Å². The maximum Gasteiger partial charge on any atom is 0.340 e. The Morgan fingerprint density at radius 3 is 2.43 bits per heavy atom. The van der Waals surface area contributed by atoms with Gasteiger partial charge in [0.2, 0.25) is 5.91 Å². The number of hydrogen-bond donors (Lipinski definition) is 3. The molecule has 2 aromatic rings. The van der Waals surface area contributed by atoms with E-state index in [4.69, 9.17) is 10.8 Å². The van der Waals surface area contributed by atoms with Crippen molar-refractivity contribution in [3.8, 4) is 0 Å². The summed E-state index contributed by atoms with van der Waals surface area (Å²) in [6.07, 6.45) is 0.0376. The molecule has 0 radical (unpaired) electrons. The predicted octanol–water partition coefficient (Wildman–Crippen LogP) is 2.29. The number of anilines is 2. The van der Waals surface area contributed by atoms with Crippen LogP contribution in [0.1, 0.15) is 15.9 Å². The summed E-state index contributed by atoms with van der Waals surface area (Å²) in [6, 6.07) is 10.4. The van der Waals surface area contributed by atoms with Crippen LogP contribution in [0.25, 0.3) is 0 Å². The Morgan fingerprint density at radius 1 is 1.14 bits per heavy atom. The van der Waals surface area contributed by atoms with Crippen LogP contribution >= 0.6 is 0 Å². The molecule has 4 N–H and O–H groups in total. The Balaban J connectivity index is 2.15. The fourth-order valence-electron chi connectivity index (χ4n) is 1.86. The third-order valence-electron chi connectivity index (χ3n) is 2.85. The second-order valence-corrected chi connectivity index (χ2v) is 4.43. The highest BCUT2D eigenvalue weighted by Crippen LogP contribution is 2.19. The number of carboxylic acids is 1. The summed E-state index contributed by atoms with van der Waals surface area (Å²) in [4.78, 5) is 22.9. The molecule has 0 fully saturated rings. The van der Waals surface area contributed by atoms with E-state index in [-0.39, 0.29) is 12.1 Å². The number of rotatable bonds is 4. The van der Waals surface area contributed by atoms with Gasteiger partial charge in [-0.05, 0) is 29.8 Å². The number of nitrogens with one attached hydrogen (secondary N) is 1. The van der Waals surface area contributed by atoms with Gasteiger partial charge in [0.15, 0.2) is 0 Å². The summed E-state index contributed by atoms with van der Waals surface area (Å²) in [5, 5.41) is 11.4. The van der Waals surface area contributed by atoms with Crippen LogP contribution in [0.2, 0.25) is 0 Å². The molecular formula is C15H13FN2O3. The van der Waals surface area contributed by atoms with Crippen molar-refractivity contribution >= 4 is 23.3 Å². The average molecular weight is 288 g/mol. The minimum atomic E-state index is -1.43. The van der Waals surface area contributed by atoms with Gasteiger partial charge in [-0.1, -0.05) is 18.2 Å². The molecule has 2 aromatic carbocycles. The summed E-state index contributed by atoms with van der Waals surface area (Å²) in [7, 11) is 0. The van der Waals surface area contributed by atoms with Gasteiger partial charge < -0.3 is 16.2 Å². The van der Waals surface area contributed by atoms with Crippen molar-refractivity contribution in [1.82, 2.24) is 0 Å². The van der Waals surface area contributed by atoms with E-state index in [0.717, 1.165) is 11.6 Å². The molecule has 0 aromatic heterocycles. The number of hydrogen-bond acceptors (Lipinski definition) is 3. The lowest BCUT2D eigenvalue weighted by Gasteiger charge is -2.09. The molecule has 6 heteroatoms. The summed E-state index contributed by atoms with van der Waals surface area (Å²) in [5.74, 6) is -2.77. The SMILES string of the molecule is Nc1ccc(CC(=O)Nc2cccc(F)c2C(=O)O)cc1. The van der Waals surface area contributed by atoms with Crippen molar-refractivity contribution < 1.29 is 19.1 Å². The van der Waals surface area contributed by atoms with E-state index in [1.165, 1.54) is 12.1 Å². The number of halogens is 1. The molecule has 108 valence electrons. The summed E-state index contributed by atoms with van der Waals surface area (Å²) >= 11 is 0. The first-order valence-corrected chi connectivity index (χ1v) is 6.13. The van der Waals surface area contributed by atoms with Crippen LogP contribution in [-0.4, -0.2) is 17.0 Å². The molecule has 0 atom stereocenters. The Labute approximate surface area is 120 Å². The van der Waals surface area contributed by atoms with Crippen LogP contribution in [0.4, 0.5) is 15.8 Å². The van der Waals surface area contributed by atoms with Crippen LogP contribution in [0, 0.1) is 5.82 Å². The number of carbonyl (C=O) groups excluding carboxylic acids is 1. The number of carboxylic acid groups (broad SMARTS) is 1. The number of aromatic carboxylic acids is 1. The lowest BCUT2D eigenvalue weighted by Crippen LogP contribution is -2.17. The van der Waals surface area contributed by atoms with Crippen LogP contribution in [-0.2, 0) is 11.2 Å². The second-order valence-electron chi connectivity index (χ2n) is 4.43. The van der Waals surface area contributed by atoms with Gasteiger partial charge in [-0.15, -0.1) is 0 Å². The Bertz CT molecular complexity index is 684. The third-order valence-corrected chi connectivity index (χ3v) is 2.85. The molecule has 0 spiro atoms. The molecule has 0 aliphatic heterocycles. The largest absolute Gasteiger partial charge is 0.478 e. The molecule has 1 amide bonds. The monoisotopic (exact) mass is 288 g/mol. The smallest absolute Gasteiger partial charge is 0.340 e. The molecule has 0 aliphatic rings. The van der Waals surface area contributed by atoms with Gasteiger partial charge in [-0.3, -0.25) is 4.79 Å². The zero-order valence-electron chi connectivity index (χ0n) is 11.0. The lowest BCUT2D eigenvalue weighted by atomic mass is 10.1. The van der Waals surface area contributed by atoms with Crippen molar-refractivity contribution in [2.75, 3.05) is 11.1 Å². The van der Waals surface area contributed by atoms with Crippen LogP contribution in [0.15, 0.2) is 42.5 Å². The summed E-state index contributed by atoms with van der Waals surface area (Å²) in [6.45, 7) is 0. The van der Waals surface area contributed by atoms with Crippen LogP contribution < -0.4 is 11.1 Å². The van der Waals surface area contributed by atoms with Crippen molar-refractivity contribution in [2.45, 2.75) is 6.42 Å². The van der Waals surface area contributed by atoms with Gasteiger partial charge >= 0.3 is 5.97 Å². The standard InChI is InChI=1S/C15H13FN2O3/c16-11-2-1-3-12(14(11)15(20)21)18-13(19)8-9-4-6-10(17)7-5-9/h1-7H,8,17H2,(H,18,19)(H,20,21). The highest BCUT2D eigenvalue weighted by molar-refractivity contribution is 6.01. The second kappa shape index (κ2) is 6.04. The number of amides is 1. The molecule has 2 rings (SSSR count). The molecular weight excluding hydrogens is 275 g/mol. The van der Waals surface area contributed by atoms with Crippen LogP contribution in [0.3, 0.4) is 0 Å². The number of benzene rings is 2. The molecule has 21 heavy (non-hydrogen) atoms. The van der Waals surface area contributed by atoms with Gasteiger partial charge in [-0.25, -0.2) is 9.18 Å². The first-order valence-electron chi connectivity index (χ1n) is 6.13.